The average Bonchev–Trinajstić information content (AvgIpc) is 2.95. The quantitative estimate of drug-likeness (QED) is 0.283. The van der Waals surface area contributed by atoms with Gasteiger partial charge in [-0.3, -0.25) is 13.8 Å². The van der Waals surface area contributed by atoms with E-state index in [4.69, 9.17) is 16.3 Å². The van der Waals surface area contributed by atoms with Crippen LogP contribution in [0.1, 0.15) is 11.1 Å². The van der Waals surface area contributed by atoms with Gasteiger partial charge in [-0.1, -0.05) is 60.1 Å². The molecule has 212 valence electrons. The zero-order valence-corrected chi connectivity index (χ0v) is 24.2. The molecule has 2 N–H and O–H groups in total. The van der Waals surface area contributed by atoms with Crippen LogP contribution in [0.2, 0.25) is 5.02 Å². The predicted octanol–water partition coefficient (Wildman–Crippen LogP) is 5.19. The van der Waals surface area contributed by atoms with Crippen molar-refractivity contribution in [3.8, 4) is 5.75 Å². The lowest BCUT2D eigenvalue weighted by Gasteiger charge is -2.34. The van der Waals surface area contributed by atoms with E-state index >= 15 is 0 Å². The van der Waals surface area contributed by atoms with Crippen LogP contribution in [0, 0.1) is 6.92 Å². The Morgan fingerprint density at radius 3 is 2.27 bits per heavy atom. The summed E-state index contributed by atoms with van der Waals surface area (Å²) in [6, 6.07) is 25.8. The van der Waals surface area contributed by atoms with Crippen LogP contribution in [-0.4, -0.2) is 35.4 Å². The van der Waals surface area contributed by atoms with Crippen molar-refractivity contribution in [1.29, 1.82) is 0 Å². The summed E-state index contributed by atoms with van der Waals surface area (Å²) in [4.78, 5) is 13.2. The summed E-state index contributed by atoms with van der Waals surface area (Å²) in [7, 11) is -7.76. The van der Waals surface area contributed by atoms with E-state index in [0.717, 1.165) is 5.56 Å². The highest BCUT2D eigenvalue weighted by Crippen LogP contribution is 2.36. The Labute approximate surface area is 243 Å². The Morgan fingerprint density at radius 2 is 1.56 bits per heavy atom. The molecule has 0 saturated carbocycles. The van der Waals surface area contributed by atoms with Crippen LogP contribution in [0.3, 0.4) is 0 Å². The number of para-hydroxylation sites is 2. The first-order valence-corrected chi connectivity index (χ1v) is 16.0. The number of hydrogen-bond acceptors (Lipinski definition) is 6. The molecule has 1 aliphatic rings. The van der Waals surface area contributed by atoms with E-state index in [1.165, 1.54) is 34.6 Å². The highest BCUT2D eigenvalue weighted by atomic mass is 35.5. The van der Waals surface area contributed by atoms with Crippen LogP contribution in [-0.2, 0) is 30.6 Å². The summed E-state index contributed by atoms with van der Waals surface area (Å²) in [5.74, 6) is -0.559. The lowest BCUT2D eigenvalue weighted by molar-refractivity contribution is -0.122. The summed E-state index contributed by atoms with van der Waals surface area (Å²) in [5, 5.41) is 3.12. The molecule has 0 radical (unpaired) electrons. The number of hydrogen-bond donors (Lipinski definition) is 2. The Balaban J connectivity index is 1.31. The third kappa shape index (κ3) is 6.48. The number of carbonyl (C=O) groups is 1. The summed E-state index contributed by atoms with van der Waals surface area (Å²) in [6.07, 6.45) is -1.15. The zero-order valence-electron chi connectivity index (χ0n) is 21.8. The van der Waals surface area contributed by atoms with E-state index in [1.807, 2.05) is 6.92 Å². The highest BCUT2D eigenvalue weighted by Gasteiger charge is 2.36. The molecule has 1 unspecified atom stereocenters. The molecule has 0 fully saturated rings. The van der Waals surface area contributed by atoms with Gasteiger partial charge in [0.15, 0.2) is 6.10 Å². The molecule has 0 saturated heterocycles. The molecule has 0 spiro atoms. The molecule has 0 bridgehead atoms. The van der Waals surface area contributed by atoms with Crippen molar-refractivity contribution in [2.75, 3.05) is 20.9 Å². The SMILES string of the molecule is Cc1ccc(NS(=O)(=O)c2ccc(NC(=O)C3CN(S(=O)(=O)Cc4ccccc4)c4ccccc4O3)cc2)cc1Cl. The molecule has 41 heavy (non-hydrogen) atoms. The number of sulfonamides is 2. The van der Waals surface area contributed by atoms with E-state index in [0.29, 0.717) is 27.6 Å². The molecule has 1 aliphatic heterocycles. The third-order valence-electron chi connectivity index (χ3n) is 6.41. The first kappa shape index (κ1) is 28.5. The standard InChI is InChI=1S/C29H26ClN3O6S2/c1-20-11-12-23(17-25(20)30)32-41(37,38)24-15-13-22(14-16-24)31-29(34)28-18-33(26-9-5-6-10-27(26)39-28)40(35,36)19-21-7-3-2-4-8-21/h2-17,28,32H,18-19H2,1H3,(H,31,34). The topological polar surface area (TPSA) is 122 Å². The van der Waals surface area contributed by atoms with E-state index in [-0.39, 0.29) is 22.9 Å². The number of benzene rings is 4. The summed E-state index contributed by atoms with van der Waals surface area (Å²) in [6.45, 7) is 1.58. The lowest BCUT2D eigenvalue weighted by atomic mass is 10.2. The molecular weight excluding hydrogens is 586 g/mol. The van der Waals surface area contributed by atoms with Crippen LogP contribution in [0.5, 0.6) is 5.75 Å². The summed E-state index contributed by atoms with van der Waals surface area (Å²) < 4.78 is 62.0. The molecule has 5 rings (SSSR count). The van der Waals surface area contributed by atoms with Gasteiger partial charge in [-0.25, -0.2) is 16.8 Å². The maximum atomic E-state index is 13.4. The smallest absolute Gasteiger partial charge is 0.267 e. The van der Waals surface area contributed by atoms with E-state index < -0.39 is 32.1 Å². The fraction of sp³-hybridized carbons (Fsp3) is 0.138. The van der Waals surface area contributed by atoms with Gasteiger partial charge < -0.3 is 10.1 Å². The highest BCUT2D eigenvalue weighted by molar-refractivity contribution is 7.92. The van der Waals surface area contributed by atoms with Crippen molar-refractivity contribution in [3.05, 3.63) is 113 Å². The second kappa shape index (κ2) is 11.4. The minimum absolute atomic E-state index is 0.0202. The zero-order chi connectivity index (χ0) is 29.2. The van der Waals surface area contributed by atoms with Gasteiger partial charge in [0.2, 0.25) is 10.0 Å². The van der Waals surface area contributed by atoms with Crippen molar-refractivity contribution in [2.45, 2.75) is 23.7 Å². The van der Waals surface area contributed by atoms with Crippen LogP contribution in [0.25, 0.3) is 0 Å². The number of ether oxygens (including phenoxy) is 1. The molecule has 4 aromatic carbocycles. The van der Waals surface area contributed by atoms with Crippen molar-refractivity contribution in [3.63, 3.8) is 0 Å². The Bertz CT molecular complexity index is 1800. The molecule has 0 aliphatic carbocycles. The van der Waals surface area contributed by atoms with Gasteiger partial charge in [0.05, 0.1) is 28.6 Å². The molecule has 0 aromatic heterocycles. The molecule has 1 atom stereocenters. The number of amides is 1. The van der Waals surface area contributed by atoms with Crippen LogP contribution in [0.4, 0.5) is 17.1 Å². The van der Waals surface area contributed by atoms with Gasteiger partial charge in [-0.15, -0.1) is 0 Å². The second-order valence-electron chi connectivity index (χ2n) is 9.43. The lowest BCUT2D eigenvalue weighted by Crippen LogP contribution is -2.49. The molecular formula is C29H26ClN3O6S2. The molecule has 4 aromatic rings. The fourth-order valence-electron chi connectivity index (χ4n) is 4.28. The largest absolute Gasteiger partial charge is 0.476 e. The van der Waals surface area contributed by atoms with E-state index in [1.54, 1.807) is 66.7 Å². The van der Waals surface area contributed by atoms with E-state index in [2.05, 4.69) is 10.0 Å². The fourth-order valence-corrected chi connectivity index (χ4v) is 7.09. The van der Waals surface area contributed by atoms with E-state index in [9.17, 15) is 21.6 Å². The minimum atomic E-state index is -3.91. The summed E-state index contributed by atoms with van der Waals surface area (Å²) >= 11 is 6.10. The average molecular weight is 612 g/mol. The molecule has 12 heteroatoms. The van der Waals surface area contributed by atoms with Gasteiger partial charge in [-0.05, 0) is 66.6 Å². The minimum Gasteiger partial charge on any atom is -0.476 e. The van der Waals surface area contributed by atoms with Gasteiger partial charge in [0.25, 0.3) is 15.9 Å². The first-order valence-electron chi connectivity index (χ1n) is 12.5. The maximum absolute atomic E-state index is 13.4. The molecule has 1 heterocycles. The monoisotopic (exact) mass is 611 g/mol. The van der Waals surface area contributed by atoms with Crippen molar-refractivity contribution >= 4 is 54.6 Å². The number of carbonyl (C=O) groups excluding carboxylic acids is 1. The second-order valence-corrected chi connectivity index (χ2v) is 13.4. The van der Waals surface area contributed by atoms with Gasteiger partial charge in [0, 0.05) is 10.7 Å². The van der Waals surface area contributed by atoms with Crippen molar-refractivity contribution in [2.24, 2.45) is 0 Å². The normalized spacial score (nSPS) is 15.0. The molecule has 1 amide bonds. The van der Waals surface area contributed by atoms with Gasteiger partial charge in [0.1, 0.15) is 5.75 Å². The number of aryl methyl sites for hydroxylation is 1. The molecule has 9 nitrogen and oxygen atoms in total. The van der Waals surface area contributed by atoms with Gasteiger partial charge >= 0.3 is 0 Å². The van der Waals surface area contributed by atoms with Crippen molar-refractivity contribution in [1.82, 2.24) is 0 Å². The Morgan fingerprint density at radius 1 is 0.902 bits per heavy atom. The van der Waals surface area contributed by atoms with Gasteiger partial charge in [-0.2, -0.15) is 0 Å². The number of fused-ring (bicyclic) bond motifs is 1. The third-order valence-corrected chi connectivity index (χ3v) is 9.93. The van der Waals surface area contributed by atoms with Crippen LogP contribution < -0.4 is 19.1 Å². The summed E-state index contributed by atoms with van der Waals surface area (Å²) in [5.41, 5.74) is 2.42. The Kier molecular flexibility index (Phi) is 7.94. The first-order chi connectivity index (χ1) is 19.5. The number of rotatable bonds is 8. The van der Waals surface area contributed by atoms with Crippen LogP contribution >= 0.6 is 11.6 Å². The maximum Gasteiger partial charge on any atom is 0.267 e. The predicted molar refractivity (Wildman–Crippen MR) is 159 cm³/mol. The van der Waals surface area contributed by atoms with Crippen molar-refractivity contribution < 1.29 is 26.4 Å². The van der Waals surface area contributed by atoms with Crippen LogP contribution in [0.15, 0.2) is 102 Å². The number of anilines is 3. The number of nitrogens with zero attached hydrogens (tertiary/aromatic N) is 1. The Hall–Kier alpha value is -4.06. The number of halogens is 1. The number of nitrogens with one attached hydrogen (secondary N) is 2.